The first kappa shape index (κ1) is 16.7. The van der Waals surface area contributed by atoms with Gasteiger partial charge in [-0.1, -0.05) is 36.2 Å². The van der Waals surface area contributed by atoms with Crippen LogP contribution < -0.4 is 0 Å². The molecular weight excluding hydrogens is 314 g/mol. The van der Waals surface area contributed by atoms with E-state index in [1.54, 1.807) is 0 Å². The summed E-state index contributed by atoms with van der Waals surface area (Å²) in [6, 6.07) is 5.77. The van der Waals surface area contributed by atoms with Crippen molar-refractivity contribution < 1.29 is 14.6 Å². The summed E-state index contributed by atoms with van der Waals surface area (Å²) in [7, 11) is 0. The van der Waals surface area contributed by atoms with E-state index in [4.69, 9.17) is 16.3 Å². The van der Waals surface area contributed by atoms with Crippen molar-refractivity contribution in [1.82, 2.24) is 4.90 Å². The number of aryl methyl sites for hydroxylation is 1. The number of halogens is 1. The van der Waals surface area contributed by atoms with E-state index in [1.807, 2.05) is 30.0 Å². The van der Waals surface area contributed by atoms with Crippen molar-refractivity contribution in [2.24, 2.45) is 5.92 Å². The molecule has 1 aliphatic carbocycles. The van der Waals surface area contributed by atoms with Gasteiger partial charge in [0.15, 0.2) is 0 Å². The topological polar surface area (TPSA) is 49.8 Å². The van der Waals surface area contributed by atoms with Crippen LogP contribution in [0.3, 0.4) is 0 Å². The number of hydrogen-bond acceptors (Lipinski definition) is 3. The van der Waals surface area contributed by atoms with E-state index >= 15 is 0 Å². The lowest BCUT2D eigenvalue weighted by Crippen LogP contribution is -2.54. The monoisotopic (exact) mass is 337 g/mol. The van der Waals surface area contributed by atoms with Crippen LogP contribution in [0.2, 0.25) is 5.02 Å². The van der Waals surface area contributed by atoms with Crippen molar-refractivity contribution in [3.8, 4) is 0 Å². The van der Waals surface area contributed by atoms with Crippen LogP contribution in [0, 0.1) is 12.8 Å². The number of morpholine rings is 1. The SMILES string of the molecule is Cc1cccc(CC(=O)N2CCOCC2C2CCCC2O)c1Cl. The Kier molecular flexibility index (Phi) is 5.24. The molecule has 3 atom stereocenters. The van der Waals surface area contributed by atoms with Crippen LogP contribution in [0.25, 0.3) is 0 Å². The summed E-state index contributed by atoms with van der Waals surface area (Å²) in [5.41, 5.74) is 1.86. The lowest BCUT2D eigenvalue weighted by atomic mass is 9.93. The van der Waals surface area contributed by atoms with Crippen molar-refractivity contribution >= 4 is 17.5 Å². The van der Waals surface area contributed by atoms with Gasteiger partial charge in [-0.3, -0.25) is 4.79 Å². The minimum Gasteiger partial charge on any atom is -0.393 e. The predicted octanol–water partition coefficient (Wildman–Crippen LogP) is 2.58. The molecule has 1 saturated carbocycles. The number of hydrogen-bond donors (Lipinski definition) is 1. The van der Waals surface area contributed by atoms with Crippen LogP contribution in [0.5, 0.6) is 0 Å². The first-order valence-electron chi connectivity index (χ1n) is 8.37. The molecule has 3 rings (SSSR count). The molecule has 1 aromatic carbocycles. The number of carbonyl (C=O) groups is 1. The van der Waals surface area contributed by atoms with Crippen molar-refractivity contribution in [3.05, 3.63) is 34.3 Å². The Morgan fingerprint density at radius 3 is 3.00 bits per heavy atom. The molecule has 2 fully saturated rings. The third-order valence-electron chi connectivity index (χ3n) is 5.13. The highest BCUT2D eigenvalue weighted by Gasteiger charge is 2.39. The number of carbonyl (C=O) groups excluding carboxylic acids is 1. The summed E-state index contributed by atoms with van der Waals surface area (Å²) in [6.07, 6.45) is 2.80. The van der Waals surface area contributed by atoms with Crippen LogP contribution in [0.15, 0.2) is 18.2 Å². The van der Waals surface area contributed by atoms with Crippen LogP contribution in [0.1, 0.15) is 30.4 Å². The molecular formula is C18H24ClNO3. The number of aliphatic hydroxyl groups excluding tert-OH is 1. The summed E-state index contributed by atoms with van der Waals surface area (Å²) in [6.45, 7) is 3.63. The summed E-state index contributed by atoms with van der Waals surface area (Å²) in [5, 5.41) is 10.9. The fourth-order valence-corrected chi connectivity index (χ4v) is 4.01. The molecule has 5 heteroatoms. The van der Waals surface area contributed by atoms with Gasteiger partial charge in [-0.05, 0) is 30.9 Å². The van der Waals surface area contributed by atoms with Crippen LogP contribution >= 0.6 is 11.6 Å². The predicted molar refractivity (Wildman–Crippen MR) is 89.6 cm³/mol. The zero-order valence-corrected chi connectivity index (χ0v) is 14.3. The largest absolute Gasteiger partial charge is 0.393 e. The number of ether oxygens (including phenoxy) is 1. The van der Waals surface area contributed by atoms with Gasteiger partial charge in [0.05, 0.1) is 31.8 Å². The summed E-state index contributed by atoms with van der Waals surface area (Å²) in [5.74, 6) is 0.206. The average molecular weight is 338 g/mol. The van der Waals surface area contributed by atoms with E-state index in [2.05, 4.69) is 0 Å². The van der Waals surface area contributed by atoms with Gasteiger partial charge in [0.1, 0.15) is 0 Å². The maximum absolute atomic E-state index is 12.8. The Labute approximate surface area is 142 Å². The quantitative estimate of drug-likeness (QED) is 0.922. The number of aliphatic hydroxyl groups is 1. The van der Waals surface area contributed by atoms with E-state index in [0.717, 1.165) is 30.4 Å². The van der Waals surface area contributed by atoms with Gasteiger partial charge in [-0.15, -0.1) is 0 Å². The molecule has 126 valence electrons. The molecule has 4 nitrogen and oxygen atoms in total. The van der Waals surface area contributed by atoms with Gasteiger partial charge in [0.25, 0.3) is 0 Å². The highest BCUT2D eigenvalue weighted by molar-refractivity contribution is 6.32. The van der Waals surface area contributed by atoms with E-state index in [1.165, 1.54) is 0 Å². The highest BCUT2D eigenvalue weighted by Crippen LogP contribution is 2.32. The van der Waals surface area contributed by atoms with Crippen LogP contribution in [0.4, 0.5) is 0 Å². The molecule has 0 radical (unpaired) electrons. The molecule has 1 aromatic rings. The summed E-state index contributed by atoms with van der Waals surface area (Å²) < 4.78 is 5.59. The minimum atomic E-state index is -0.320. The minimum absolute atomic E-state index is 0.0164. The second-order valence-corrected chi connectivity index (χ2v) is 6.99. The van der Waals surface area contributed by atoms with Gasteiger partial charge >= 0.3 is 0 Å². The lowest BCUT2D eigenvalue weighted by molar-refractivity contribution is -0.143. The molecule has 3 unspecified atom stereocenters. The molecule has 23 heavy (non-hydrogen) atoms. The van der Waals surface area contributed by atoms with Crippen LogP contribution in [-0.4, -0.2) is 47.8 Å². The lowest BCUT2D eigenvalue weighted by Gasteiger charge is -2.40. The normalized spacial score (nSPS) is 28.1. The average Bonchev–Trinajstić information content (AvgIpc) is 2.98. The molecule has 2 aliphatic rings. The van der Waals surface area contributed by atoms with Gasteiger partial charge in [0, 0.05) is 17.5 Å². The zero-order valence-electron chi connectivity index (χ0n) is 13.5. The maximum Gasteiger partial charge on any atom is 0.227 e. The van der Waals surface area contributed by atoms with Crippen LogP contribution in [-0.2, 0) is 16.0 Å². The highest BCUT2D eigenvalue weighted by atomic mass is 35.5. The van der Waals surface area contributed by atoms with E-state index in [0.29, 0.717) is 31.2 Å². The van der Waals surface area contributed by atoms with Gasteiger partial charge in [-0.25, -0.2) is 0 Å². The first-order chi connectivity index (χ1) is 11.1. The van der Waals surface area contributed by atoms with Crippen molar-refractivity contribution in [2.45, 2.75) is 44.8 Å². The van der Waals surface area contributed by atoms with Gasteiger partial charge in [-0.2, -0.15) is 0 Å². The molecule has 0 aromatic heterocycles. The summed E-state index contributed by atoms with van der Waals surface area (Å²) >= 11 is 6.33. The molecule has 1 amide bonds. The number of nitrogens with zero attached hydrogens (tertiary/aromatic N) is 1. The molecule has 1 aliphatic heterocycles. The fraction of sp³-hybridized carbons (Fsp3) is 0.611. The third-order valence-corrected chi connectivity index (χ3v) is 5.67. The Bertz CT molecular complexity index is 577. The van der Waals surface area contributed by atoms with Gasteiger partial charge < -0.3 is 14.7 Å². The van der Waals surface area contributed by atoms with E-state index in [-0.39, 0.29) is 24.0 Å². The Hall–Kier alpha value is -1.10. The number of rotatable bonds is 3. The smallest absolute Gasteiger partial charge is 0.227 e. The number of amides is 1. The van der Waals surface area contributed by atoms with E-state index in [9.17, 15) is 9.90 Å². The second-order valence-electron chi connectivity index (χ2n) is 6.62. The summed E-state index contributed by atoms with van der Waals surface area (Å²) in [4.78, 5) is 14.7. The fourth-order valence-electron chi connectivity index (χ4n) is 3.81. The van der Waals surface area contributed by atoms with Crippen molar-refractivity contribution in [3.63, 3.8) is 0 Å². The molecule has 0 bridgehead atoms. The Morgan fingerprint density at radius 1 is 1.43 bits per heavy atom. The third kappa shape index (κ3) is 3.54. The first-order valence-corrected chi connectivity index (χ1v) is 8.75. The maximum atomic E-state index is 12.8. The molecule has 1 N–H and O–H groups in total. The standard InChI is InChI=1S/C18H24ClNO3/c1-12-4-2-5-13(18(12)19)10-17(22)20-8-9-23-11-15(20)14-6-3-7-16(14)21/h2,4-5,14-16,21H,3,6-11H2,1H3. The van der Waals surface area contributed by atoms with Gasteiger partial charge in [0.2, 0.25) is 5.91 Å². The van der Waals surface area contributed by atoms with E-state index < -0.39 is 0 Å². The second kappa shape index (κ2) is 7.20. The number of benzene rings is 1. The molecule has 0 spiro atoms. The Balaban J connectivity index is 1.75. The van der Waals surface area contributed by atoms with Crippen molar-refractivity contribution in [2.75, 3.05) is 19.8 Å². The zero-order chi connectivity index (χ0) is 16.4. The molecule has 1 heterocycles. The van der Waals surface area contributed by atoms with Crippen molar-refractivity contribution in [1.29, 1.82) is 0 Å². The Morgan fingerprint density at radius 2 is 2.26 bits per heavy atom. The molecule has 1 saturated heterocycles.